The number of anilines is 1. The molecule has 0 N–H and O–H groups in total. The van der Waals surface area contributed by atoms with Gasteiger partial charge in [0.15, 0.2) is 5.75 Å². The summed E-state index contributed by atoms with van der Waals surface area (Å²) < 4.78 is 5.53. The summed E-state index contributed by atoms with van der Waals surface area (Å²) in [5.41, 5.74) is 0.655. The van der Waals surface area contributed by atoms with Crippen LogP contribution in [0.5, 0.6) is 5.75 Å². The first-order valence-corrected chi connectivity index (χ1v) is 9.78. The fraction of sp³-hybridized carbons (Fsp3) is 0.318. The van der Waals surface area contributed by atoms with Crippen molar-refractivity contribution in [2.24, 2.45) is 17.8 Å². The molecule has 2 aromatic rings. The quantitative estimate of drug-likeness (QED) is 0.435. The van der Waals surface area contributed by atoms with Crippen molar-refractivity contribution in [2.45, 2.75) is 26.2 Å². The number of halogens is 1. The number of para-hydroxylation sites is 2. The molecule has 6 heteroatoms. The van der Waals surface area contributed by atoms with E-state index in [1.54, 1.807) is 48.5 Å². The van der Waals surface area contributed by atoms with Gasteiger partial charge in [-0.3, -0.25) is 9.59 Å². The van der Waals surface area contributed by atoms with E-state index in [-0.39, 0.29) is 29.4 Å². The summed E-state index contributed by atoms with van der Waals surface area (Å²) in [7, 11) is 0. The van der Waals surface area contributed by atoms with Crippen LogP contribution in [-0.4, -0.2) is 17.8 Å². The Morgan fingerprint density at radius 2 is 1.68 bits per heavy atom. The summed E-state index contributed by atoms with van der Waals surface area (Å²) in [4.78, 5) is 39.6. The van der Waals surface area contributed by atoms with Crippen LogP contribution < -0.4 is 9.64 Å². The molecule has 2 amide bonds. The molecule has 0 spiro atoms. The molecule has 1 saturated heterocycles. The number of benzene rings is 2. The third kappa shape index (κ3) is 3.31. The number of nitrogens with zero attached hydrogens (tertiary/aromatic N) is 1. The lowest BCUT2D eigenvalue weighted by Crippen LogP contribution is -2.31. The van der Waals surface area contributed by atoms with Gasteiger partial charge >= 0.3 is 5.97 Å². The Kier molecular flexibility index (Phi) is 4.94. The maximum absolute atomic E-state index is 13.0. The summed E-state index contributed by atoms with van der Waals surface area (Å²) in [5, 5.41) is 0.516. The minimum atomic E-state index is -0.575. The van der Waals surface area contributed by atoms with Crippen LogP contribution in [0.4, 0.5) is 5.69 Å². The molecule has 3 unspecified atom stereocenters. The van der Waals surface area contributed by atoms with Gasteiger partial charge in [-0.1, -0.05) is 30.7 Å². The van der Waals surface area contributed by atoms with Crippen LogP contribution in [0.1, 0.15) is 36.5 Å². The van der Waals surface area contributed by atoms with E-state index < -0.39 is 5.97 Å². The molecule has 2 fully saturated rings. The van der Waals surface area contributed by atoms with Gasteiger partial charge in [0.1, 0.15) is 0 Å². The molecule has 1 saturated carbocycles. The fourth-order valence-corrected chi connectivity index (χ4v) is 4.23. The molecule has 4 rings (SSSR count). The first-order chi connectivity index (χ1) is 13.5. The Morgan fingerprint density at radius 3 is 2.43 bits per heavy atom. The maximum atomic E-state index is 13.0. The number of esters is 1. The summed E-state index contributed by atoms with van der Waals surface area (Å²) >= 11 is 5.86. The van der Waals surface area contributed by atoms with Gasteiger partial charge in [-0.2, -0.15) is 0 Å². The van der Waals surface area contributed by atoms with Crippen LogP contribution >= 0.6 is 11.6 Å². The molecule has 3 atom stereocenters. The fourth-order valence-electron chi connectivity index (χ4n) is 4.10. The number of fused-ring (bicyclic) bond motifs is 1. The predicted molar refractivity (Wildman–Crippen MR) is 105 cm³/mol. The third-order valence-corrected chi connectivity index (χ3v) is 5.83. The van der Waals surface area contributed by atoms with Crippen molar-refractivity contribution in [1.82, 2.24) is 0 Å². The highest BCUT2D eigenvalue weighted by Crippen LogP contribution is 2.44. The number of carbonyl (C=O) groups is 3. The number of carbonyl (C=O) groups excluding carboxylic acids is 3. The molecular weight excluding hydrogens is 378 g/mol. The number of amides is 2. The third-order valence-electron chi connectivity index (χ3n) is 5.58. The topological polar surface area (TPSA) is 63.7 Å². The highest BCUT2D eigenvalue weighted by molar-refractivity contribution is 6.30. The molecule has 1 aliphatic heterocycles. The second-order valence-electron chi connectivity index (χ2n) is 7.51. The molecule has 2 aromatic carbocycles. The molecule has 1 aliphatic carbocycles. The Bertz CT molecular complexity index is 940. The second-order valence-corrected chi connectivity index (χ2v) is 7.94. The van der Waals surface area contributed by atoms with Gasteiger partial charge in [-0.05, 0) is 61.6 Å². The van der Waals surface area contributed by atoms with Gasteiger partial charge in [0.25, 0.3) is 0 Å². The summed E-state index contributed by atoms with van der Waals surface area (Å²) in [6.45, 7) is 2.11. The van der Waals surface area contributed by atoms with E-state index in [0.717, 1.165) is 19.3 Å². The molecule has 0 radical (unpaired) electrons. The number of hydrogen-bond donors (Lipinski definition) is 0. The summed E-state index contributed by atoms with van der Waals surface area (Å²) in [6.07, 6.45) is 2.39. The largest absolute Gasteiger partial charge is 0.421 e. The number of ether oxygens (including phenoxy) is 1. The van der Waals surface area contributed by atoms with Crippen LogP contribution in [-0.2, 0) is 9.59 Å². The molecule has 0 bridgehead atoms. The standard InChI is InChI=1S/C22H20ClNO4/c1-13-6-11-16-17(12-13)21(26)24(20(16)25)18-4-2-3-5-19(18)28-22(27)14-7-9-15(23)10-8-14/h2-5,7-10,13,16-17H,6,11-12H2,1H3. The van der Waals surface area contributed by atoms with Crippen molar-refractivity contribution in [3.8, 4) is 5.75 Å². The number of rotatable bonds is 3. The highest BCUT2D eigenvalue weighted by atomic mass is 35.5. The van der Waals surface area contributed by atoms with Gasteiger partial charge in [-0.15, -0.1) is 0 Å². The van der Waals surface area contributed by atoms with Gasteiger partial charge < -0.3 is 4.74 Å². The van der Waals surface area contributed by atoms with Crippen LogP contribution in [0.3, 0.4) is 0 Å². The number of imide groups is 1. The van der Waals surface area contributed by atoms with E-state index in [4.69, 9.17) is 16.3 Å². The smallest absolute Gasteiger partial charge is 0.343 e. The van der Waals surface area contributed by atoms with E-state index >= 15 is 0 Å². The van der Waals surface area contributed by atoms with Crippen molar-refractivity contribution in [2.75, 3.05) is 4.90 Å². The minimum Gasteiger partial charge on any atom is -0.421 e. The SMILES string of the molecule is CC1CCC2C(=O)N(c3ccccc3OC(=O)c3ccc(Cl)cc3)C(=O)C2C1. The lowest BCUT2D eigenvalue weighted by molar-refractivity contribution is -0.122. The maximum Gasteiger partial charge on any atom is 0.343 e. The van der Waals surface area contributed by atoms with Crippen molar-refractivity contribution in [3.63, 3.8) is 0 Å². The molecule has 28 heavy (non-hydrogen) atoms. The van der Waals surface area contributed by atoms with Crippen LogP contribution in [0, 0.1) is 17.8 Å². The van der Waals surface area contributed by atoms with E-state index in [1.807, 2.05) is 0 Å². The van der Waals surface area contributed by atoms with Gasteiger partial charge in [0, 0.05) is 5.02 Å². The van der Waals surface area contributed by atoms with Crippen molar-refractivity contribution in [3.05, 3.63) is 59.1 Å². The van der Waals surface area contributed by atoms with E-state index in [1.165, 1.54) is 4.90 Å². The zero-order valence-electron chi connectivity index (χ0n) is 15.4. The zero-order chi connectivity index (χ0) is 19.8. The van der Waals surface area contributed by atoms with Gasteiger partial charge in [0.05, 0.1) is 23.1 Å². The van der Waals surface area contributed by atoms with E-state index in [2.05, 4.69) is 6.92 Å². The Morgan fingerprint density at radius 1 is 1.00 bits per heavy atom. The first kappa shape index (κ1) is 18.7. The predicted octanol–water partition coefficient (Wildman–Crippen LogP) is 4.48. The Hall–Kier alpha value is -2.66. The Balaban J connectivity index is 1.63. The lowest BCUT2D eigenvalue weighted by atomic mass is 9.76. The van der Waals surface area contributed by atoms with Gasteiger partial charge in [0.2, 0.25) is 11.8 Å². The van der Waals surface area contributed by atoms with Crippen molar-refractivity contribution < 1.29 is 19.1 Å². The molecule has 5 nitrogen and oxygen atoms in total. The zero-order valence-corrected chi connectivity index (χ0v) is 16.2. The second kappa shape index (κ2) is 7.40. The van der Waals surface area contributed by atoms with Crippen LogP contribution in [0.2, 0.25) is 5.02 Å². The normalized spacial score (nSPS) is 24.2. The van der Waals surface area contributed by atoms with Crippen molar-refractivity contribution >= 4 is 35.1 Å². The first-order valence-electron chi connectivity index (χ1n) is 9.40. The average Bonchev–Trinajstić information content (AvgIpc) is 2.93. The summed E-state index contributed by atoms with van der Waals surface area (Å²) in [5.74, 6) is -0.908. The van der Waals surface area contributed by atoms with Crippen LogP contribution in [0.15, 0.2) is 48.5 Å². The lowest BCUT2D eigenvalue weighted by Gasteiger charge is -2.25. The van der Waals surface area contributed by atoms with Gasteiger partial charge in [-0.25, -0.2) is 9.69 Å². The molecular formula is C22H20ClNO4. The average molecular weight is 398 g/mol. The molecule has 144 valence electrons. The molecule has 0 aromatic heterocycles. The van der Waals surface area contributed by atoms with Crippen molar-refractivity contribution in [1.29, 1.82) is 0 Å². The molecule has 1 heterocycles. The molecule has 2 aliphatic rings. The minimum absolute atomic E-state index is 0.191. The van der Waals surface area contributed by atoms with Crippen LogP contribution in [0.25, 0.3) is 0 Å². The Labute approximate surface area is 168 Å². The monoisotopic (exact) mass is 397 g/mol. The summed E-state index contributed by atoms with van der Waals surface area (Å²) in [6, 6.07) is 13.0. The van der Waals surface area contributed by atoms with E-state index in [0.29, 0.717) is 22.2 Å². The van der Waals surface area contributed by atoms with E-state index in [9.17, 15) is 14.4 Å². The highest BCUT2D eigenvalue weighted by Gasteiger charge is 2.50. The number of hydrogen-bond acceptors (Lipinski definition) is 4.